The molecule has 0 saturated heterocycles. The van der Waals surface area contributed by atoms with Gasteiger partial charge < -0.3 is 10.6 Å². The highest BCUT2D eigenvalue weighted by Gasteiger charge is 2.13. The van der Waals surface area contributed by atoms with Crippen molar-refractivity contribution in [3.63, 3.8) is 0 Å². The lowest BCUT2D eigenvalue weighted by atomic mass is 10.1. The van der Waals surface area contributed by atoms with Gasteiger partial charge in [0.2, 0.25) is 5.91 Å². The maximum Gasteiger partial charge on any atom is 0.233 e. The Kier molecular flexibility index (Phi) is 7.70. The summed E-state index contributed by atoms with van der Waals surface area (Å²) in [5.74, 6) is 0.0968. The molecule has 0 radical (unpaired) electrons. The summed E-state index contributed by atoms with van der Waals surface area (Å²) in [6.45, 7) is 9.94. The third-order valence-corrected chi connectivity index (χ3v) is 4.23. The van der Waals surface area contributed by atoms with Gasteiger partial charge in [0.25, 0.3) is 0 Å². The van der Waals surface area contributed by atoms with Crippen molar-refractivity contribution in [2.75, 3.05) is 13.1 Å². The number of carbonyl (C=O) groups is 1. The van der Waals surface area contributed by atoms with Crippen LogP contribution in [-0.4, -0.2) is 24.2 Å². The Labute approximate surface area is 126 Å². The Morgan fingerprint density at radius 2 is 1.85 bits per heavy atom. The topological polar surface area (TPSA) is 41.1 Å². The highest BCUT2D eigenvalue weighted by molar-refractivity contribution is 8.00. The molecule has 112 valence electrons. The number of hydrogen-bond acceptors (Lipinski definition) is 3. The summed E-state index contributed by atoms with van der Waals surface area (Å²) in [5.41, 5.74) is 1.29. The first-order valence-corrected chi connectivity index (χ1v) is 8.24. The van der Waals surface area contributed by atoms with Crippen molar-refractivity contribution >= 4 is 17.7 Å². The second-order valence-electron chi connectivity index (χ2n) is 4.90. The zero-order valence-electron chi connectivity index (χ0n) is 12.9. The lowest BCUT2D eigenvalue weighted by Gasteiger charge is -2.15. The molecule has 3 nitrogen and oxygen atoms in total. The summed E-state index contributed by atoms with van der Waals surface area (Å²) < 4.78 is 0. The van der Waals surface area contributed by atoms with Crippen LogP contribution in [0.5, 0.6) is 0 Å². The fraction of sp³-hybridized carbons (Fsp3) is 0.562. The average Bonchev–Trinajstić information content (AvgIpc) is 2.45. The lowest BCUT2D eigenvalue weighted by Crippen LogP contribution is -2.30. The van der Waals surface area contributed by atoms with Gasteiger partial charge in [-0.2, -0.15) is 0 Å². The quantitative estimate of drug-likeness (QED) is 0.722. The van der Waals surface area contributed by atoms with E-state index in [2.05, 4.69) is 48.7 Å². The number of rotatable bonds is 8. The molecule has 2 N–H and O–H groups in total. The Morgan fingerprint density at radius 3 is 2.40 bits per heavy atom. The van der Waals surface area contributed by atoms with Gasteiger partial charge in [-0.05, 0) is 51.4 Å². The average molecular weight is 294 g/mol. The molecule has 2 unspecified atom stereocenters. The second kappa shape index (κ2) is 9.03. The van der Waals surface area contributed by atoms with Gasteiger partial charge >= 0.3 is 0 Å². The fourth-order valence-electron chi connectivity index (χ4n) is 1.89. The molecule has 4 heteroatoms. The molecular formula is C16H26N2OS. The third kappa shape index (κ3) is 5.55. The van der Waals surface area contributed by atoms with Crippen LogP contribution in [0.3, 0.4) is 0 Å². The molecular weight excluding hydrogens is 268 g/mol. The van der Waals surface area contributed by atoms with Gasteiger partial charge in [-0.1, -0.05) is 19.1 Å². The summed E-state index contributed by atoms with van der Waals surface area (Å²) in [6, 6.07) is 8.84. The first kappa shape index (κ1) is 17.1. The number of nitrogens with one attached hydrogen (secondary N) is 2. The summed E-state index contributed by atoms with van der Waals surface area (Å²) in [4.78, 5) is 12.8. The van der Waals surface area contributed by atoms with Crippen LogP contribution in [0.2, 0.25) is 0 Å². The van der Waals surface area contributed by atoms with Crippen molar-refractivity contribution in [3.05, 3.63) is 29.8 Å². The molecule has 1 rings (SSSR count). The zero-order valence-corrected chi connectivity index (χ0v) is 13.7. The van der Waals surface area contributed by atoms with Crippen LogP contribution >= 0.6 is 11.8 Å². The van der Waals surface area contributed by atoms with Crippen LogP contribution in [0.15, 0.2) is 29.2 Å². The van der Waals surface area contributed by atoms with Gasteiger partial charge in [-0.25, -0.2) is 0 Å². The minimum Gasteiger partial charge on any atom is -0.355 e. The van der Waals surface area contributed by atoms with Crippen LogP contribution < -0.4 is 10.6 Å². The molecule has 1 aromatic rings. The predicted octanol–water partition coefficient (Wildman–Crippen LogP) is 3.36. The van der Waals surface area contributed by atoms with Crippen LogP contribution in [0, 0.1) is 0 Å². The lowest BCUT2D eigenvalue weighted by molar-refractivity contribution is -0.120. The van der Waals surface area contributed by atoms with Crippen molar-refractivity contribution in [1.29, 1.82) is 0 Å². The number of amides is 1. The maximum atomic E-state index is 11.7. The van der Waals surface area contributed by atoms with Gasteiger partial charge in [0.05, 0.1) is 5.25 Å². The van der Waals surface area contributed by atoms with E-state index >= 15 is 0 Å². The van der Waals surface area contributed by atoms with Gasteiger partial charge in [-0.15, -0.1) is 11.8 Å². The smallest absolute Gasteiger partial charge is 0.233 e. The zero-order chi connectivity index (χ0) is 15.0. The van der Waals surface area contributed by atoms with E-state index in [-0.39, 0.29) is 11.2 Å². The minimum atomic E-state index is -0.0589. The van der Waals surface area contributed by atoms with E-state index in [9.17, 15) is 4.79 Å². The molecule has 0 bridgehead atoms. The first-order chi connectivity index (χ1) is 9.58. The van der Waals surface area contributed by atoms with Crippen LogP contribution in [0.25, 0.3) is 0 Å². The number of benzene rings is 1. The molecule has 0 aliphatic carbocycles. The normalized spacial score (nSPS) is 13.8. The molecule has 0 aliphatic heterocycles. The Bertz CT molecular complexity index is 405. The molecule has 0 saturated carbocycles. The third-order valence-electron chi connectivity index (χ3n) is 3.11. The highest BCUT2D eigenvalue weighted by Crippen LogP contribution is 2.25. The van der Waals surface area contributed by atoms with Crippen LogP contribution in [-0.2, 0) is 4.79 Å². The van der Waals surface area contributed by atoms with E-state index < -0.39 is 0 Å². The van der Waals surface area contributed by atoms with Crippen molar-refractivity contribution in [3.8, 4) is 0 Å². The Balaban J connectivity index is 2.55. The monoisotopic (exact) mass is 294 g/mol. The molecule has 1 aromatic carbocycles. The van der Waals surface area contributed by atoms with Crippen molar-refractivity contribution in [2.45, 2.75) is 50.3 Å². The number of hydrogen-bond donors (Lipinski definition) is 2. The van der Waals surface area contributed by atoms with Gasteiger partial charge in [-0.3, -0.25) is 4.79 Å². The Morgan fingerprint density at radius 1 is 1.20 bits per heavy atom. The first-order valence-electron chi connectivity index (χ1n) is 7.36. The van der Waals surface area contributed by atoms with E-state index in [4.69, 9.17) is 0 Å². The molecule has 0 aliphatic rings. The molecule has 20 heavy (non-hydrogen) atoms. The van der Waals surface area contributed by atoms with E-state index in [1.807, 2.05) is 13.8 Å². The fourth-order valence-corrected chi connectivity index (χ4v) is 2.78. The van der Waals surface area contributed by atoms with E-state index in [0.29, 0.717) is 12.6 Å². The highest BCUT2D eigenvalue weighted by atomic mass is 32.2. The summed E-state index contributed by atoms with van der Waals surface area (Å²) in [6.07, 6.45) is 1.14. The van der Waals surface area contributed by atoms with E-state index in [1.54, 1.807) is 11.8 Å². The standard InChI is InChI=1S/C16H26N2OS/c1-5-11-18-12(3)14-7-9-15(10-8-14)20-13(4)16(19)17-6-2/h7-10,12-13,18H,5-6,11H2,1-4H3,(H,17,19). The maximum absolute atomic E-state index is 11.7. The molecule has 0 aromatic heterocycles. The Hall–Kier alpha value is -1.00. The molecule has 0 heterocycles. The van der Waals surface area contributed by atoms with Crippen LogP contribution in [0.1, 0.15) is 45.7 Å². The van der Waals surface area contributed by atoms with Crippen molar-refractivity contribution < 1.29 is 4.79 Å². The summed E-state index contributed by atoms with van der Waals surface area (Å²) in [5, 5.41) is 6.26. The number of carbonyl (C=O) groups excluding carboxylic acids is 1. The summed E-state index contributed by atoms with van der Waals surface area (Å²) in [7, 11) is 0. The predicted molar refractivity (Wildman–Crippen MR) is 87.2 cm³/mol. The van der Waals surface area contributed by atoms with Crippen molar-refractivity contribution in [2.24, 2.45) is 0 Å². The number of thioether (sulfide) groups is 1. The van der Waals surface area contributed by atoms with Gasteiger partial charge in [0, 0.05) is 17.5 Å². The second-order valence-corrected chi connectivity index (χ2v) is 6.31. The van der Waals surface area contributed by atoms with E-state index in [0.717, 1.165) is 17.9 Å². The molecule has 0 spiro atoms. The molecule has 1 amide bonds. The summed E-state index contributed by atoms with van der Waals surface area (Å²) >= 11 is 1.60. The SMILES string of the molecule is CCCNC(C)c1ccc(SC(C)C(=O)NCC)cc1. The van der Waals surface area contributed by atoms with E-state index in [1.165, 1.54) is 5.56 Å². The van der Waals surface area contributed by atoms with Crippen molar-refractivity contribution in [1.82, 2.24) is 10.6 Å². The minimum absolute atomic E-state index is 0.0589. The molecule has 2 atom stereocenters. The van der Waals surface area contributed by atoms with Gasteiger partial charge in [0.15, 0.2) is 0 Å². The largest absolute Gasteiger partial charge is 0.355 e. The molecule has 0 fully saturated rings. The van der Waals surface area contributed by atoms with Crippen LogP contribution in [0.4, 0.5) is 0 Å². The van der Waals surface area contributed by atoms with Gasteiger partial charge in [0.1, 0.15) is 0 Å².